The lowest BCUT2D eigenvalue weighted by Crippen LogP contribution is -2.11. The number of amidine groups is 1. The molecule has 0 amide bonds. The van der Waals surface area contributed by atoms with Crippen LogP contribution in [-0.2, 0) is 6.54 Å². The lowest BCUT2D eigenvalue weighted by molar-refractivity contribution is 0.461. The number of pyridine rings is 1. The van der Waals surface area contributed by atoms with E-state index in [4.69, 9.17) is 15.9 Å². The molecule has 2 heterocycles. The van der Waals surface area contributed by atoms with Crippen LogP contribution in [0.2, 0.25) is 0 Å². The molecule has 0 bridgehead atoms. The van der Waals surface area contributed by atoms with Crippen molar-refractivity contribution in [1.29, 1.82) is 5.41 Å². The second kappa shape index (κ2) is 4.65. The number of aryl methyl sites for hydroxylation is 1. The molecule has 0 atom stereocenters. The van der Waals surface area contributed by atoms with Gasteiger partial charge >= 0.3 is 0 Å². The van der Waals surface area contributed by atoms with Crippen LogP contribution in [0.15, 0.2) is 30.7 Å². The first-order valence-electron chi connectivity index (χ1n) is 5.20. The van der Waals surface area contributed by atoms with E-state index in [0.717, 1.165) is 6.54 Å². The molecule has 0 aliphatic heterocycles. The fourth-order valence-electron chi connectivity index (χ4n) is 1.29. The zero-order valence-corrected chi connectivity index (χ0v) is 9.42. The second-order valence-electron chi connectivity index (χ2n) is 3.43. The highest BCUT2D eigenvalue weighted by atomic mass is 16.5. The van der Waals surface area contributed by atoms with E-state index in [0.29, 0.717) is 17.2 Å². The van der Waals surface area contributed by atoms with Crippen LogP contribution in [0.25, 0.3) is 0 Å². The molecule has 3 N–H and O–H groups in total. The Morgan fingerprint density at radius 3 is 2.82 bits per heavy atom. The zero-order chi connectivity index (χ0) is 12.3. The summed E-state index contributed by atoms with van der Waals surface area (Å²) in [6, 6.07) is 3.36. The standard InChI is InChI=1S/C11H13N5O/c1-2-16-7-9(6-15-16)17-10-4-3-8(5-14-10)11(12)13/h3-7H,2H2,1H3,(H3,12,13). The quantitative estimate of drug-likeness (QED) is 0.614. The minimum Gasteiger partial charge on any atom is -0.436 e. The Labute approximate surface area is 98.5 Å². The predicted molar refractivity (Wildman–Crippen MR) is 63.2 cm³/mol. The zero-order valence-electron chi connectivity index (χ0n) is 9.42. The molecule has 0 radical (unpaired) electrons. The number of nitrogens with two attached hydrogens (primary N) is 1. The number of hydrogen-bond acceptors (Lipinski definition) is 4. The highest BCUT2D eigenvalue weighted by Gasteiger charge is 2.02. The smallest absolute Gasteiger partial charge is 0.219 e. The number of hydrogen-bond donors (Lipinski definition) is 2. The summed E-state index contributed by atoms with van der Waals surface area (Å²) in [5.74, 6) is 1.07. The van der Waals surface area contributed by atoms with Crippen LogP contribution < -0.4 is 10.5 Å². The Kier molecular flexibility index (Phi) is 3.04. The summed E-state index contributed by atoms with van der Waals surface area (Å²) in [6.07, 6.45) is 4.92. The molecule has 88 valence electrons. The van der Waals surface area contributed by atoms with Gasteiger partial charge in [-0.05, 0) is 13.0 Å². The molecule has 0 fully saturated rings. The number of aromatic nitrogens is 3. The summed E-state index contributed by atoms with van der Waals surface area (Å²) in [5.41, 5.74) is 5.90. The molecule has 0 saturated heterocycles. The van der Waals surface area contributed by atoms with Gasteiger partial charge in [0.1, 0.15) is 5.84 Å². The van der Waals surface area contributed by atoms with Crippen LogP contribution >= 0.6 is 0 Å². The SMILES string of the molecule is CCn1cc(Oc2ccc(C(=N)N)cn2)cn1. The molecule has 0 aromatic carbocycles. The Bertz CT molecular complexity index is 517. The van der Waals surface area contributed by atoms with Crippen molar-refractivity contribution in [3.05, 3.63) is 36.3 Å². The highest BCUT2D eigenvalue weighted by molar-refractivity contribution is 5.94. The van der Waals surface area contributed by atoms with Gasteiger partial charge in [-0.3, -0.25) is 10.1 Å². The summed E-state index contributed by atoms with van der Waals surface area (Å²) in [6.45, 7) is 2.79. The molecule has 2 aromatic heterocycles. The maximum Gasteiger partial charge on any atom is 0.219 e. The third-order valence-electron chi connectivity index (χ3n) is 2.20. The van der Waals surface area contributed by atoms with Crippen molar-refractivity contribution in [1.82, 2.24) is 14.8 Å². The van der Waals surface area contributed by atoms with E-state index >= 15 is 0 Å². The van der Waals surface area contributed by atoms with Gasteiger partial charge in [-0.25, -0.2) is 4.98 Å². The summed E-state index contributed by atoms with van der Waals surface area (Å²) in [7, 11) is 0. The number of nitrogens with zero attached hydrogens (tertiary/aromatic N) is 3. The molecule has 0 unspecified atom stereocenters. The normalized spacial score (nSPS) is 10.2. The van der Waals surface area contributed by atoms with Gasteiger partial charge in [0.2, 0.25) is 5.88 Å². The average Bonchev–Trinajstić information content (AvgIpc) is 2.77. The molecule has 0 aliphatic rings. The van der Waals surface area contributed by atoms with Crippen LogP contribution in [0.1, 0.15) is 12.5 Å². The molecule has 6 nitrogen and oxygen atoms in total. The third kappa shape index (κ3) is 2.60. The van der Waals surface area contributed by atoms with E-state index in [2.05, 4.69) is 10.1 Å². The van der Waals surface area contributed by atoms with E-state index in [9.17, 15) is 0 Å². The summed E-state index contributed by atoms with van der Waals surface area (Å²) in [5, 5.41) is 11.3. The number of nitrogens with one attached hydrogen (secondary N) is 1. The molecular weight excluding hydrogens is 218 g/mol. The molecule has 0 aliphatic carbocycles. The van der Waals surface area contributed by atoms with Crippen LogP contribution in [0.4, 0.5) is 0 Å². The van der Waals surface area contributed by atoms with Gasteiger partial charge in [-0.2, -0.15) is 5.10 Å². The van der Waals surface area contributed by atoms with Crippen LogP contribution in [0, 0.1) is 5.41 Å². The Hall–Kier alpha value is -2.37. The molecule has 0 saturated carbocycles. The van der Waals surface area contributed by atoms with Crippen molar-refractivity contribution >= 4 is 5.84 Å². The average molecular weight is 231 g/mol. The molecule has 2 rings (SSSR count). The minimum atomic E-state index is -0.0112. The summed E-state index contributed by atoms with van der Waals surface area (Å²) in [4.78, 5) is 4.05. The van der Waals surface area contributed by atoms with Gasteiger partial charge in [0.25, 0.3) is 0 Å². The Balaban J connectivity index is 2.10. The maximum absolute atomic E-state index is 7.24. The lowest BCUT2D eigenvalue weighted by atomic mass is 10.3. The van der Waals surface area contributed by atoms with Crippen molar-refractivity contribution in [3.63, 3.8) is 0 Å². The monoisotopic (exact) mass is 231 g/mol. The maximum atomic E-state index is 7.24. The van der Waals surface area contributed by atoms with Gasteiger partial charge in [0.05, 0.1) is 12.4 Å². The predicted octanol–water partition coefficient (Wildman–Crippen LogP) is 1.37. The van der Waals surface area contributed by atoms with Gasteiger partial charge in [-0.15, -0.1) is 0 Å². The molecule has 0 spiro atoms. The van der Waals surface area contributed by atoms with Gasteiger partial charge in [0, 0.05) is 24.4 Å². The van der Waals surface area contributed by atoms with E-state index in [1.807, 2.05) is 6.92 Å². The fraction of sp³-hybridized carbons (Fsp3) is 0.182. The molecule has 6 heteroatoms. The van der Waals surface area contributed by atoms with Crippen molar-refractivity contribution in [2.24, 2.45) is 5.73 Å². The van der Waals surface area contributed by atoms with Gasteiger partial charge in [0.15, 0.2) is 5.75 Å². The van der Waals surface area contributed by atoms with E-state index in [1.165, 1.54) is 6.20 Å². The lowest BCUT2D eigenvalue weighted by Gasteiger charge is -2.02. The summed E-state index contributed by atoms with van der Waals surface area (Å²) < 4.78 is 7.25. The fourth-order valence-corrected chi connectivity index (χ4v) is 1.29. The van der Waals surface area contributed by atoms with Crippen LogP contribution in [0.3, 0.4) is 0 Å². The van der Waals surface area contributed by atoms with Gasteiger partial charge in [-0.1, -0.05) is 0 Å². The first-order valence-corrected chi connectivity index (χ1v) is 5.20. The van der Waals surface area contributed by atoms with Crippen molar-refractivity contribution < 1.29 is 4.74 Å². The topological polar surface area (TPSA) is 89.8 Å². The highest BCUT2D eigenvalue weighted by Crippen LogP contribution is 2.18. The molecular formula is C11H13N5O. The van der Waals surface area contributed by atoms with Gasteiger partial charge < -0.3 is 10.5 Å². The van der Waals surface area contributed by atoms with E-state index in [1.54, 1.807) is 29.2 Å². The number of nitrogen functional groups attached to an aromatic ring is 1. The van der Waals surface area contributed by atoms with E-state index < -0.39 is 0 Å². The molecule has 2 aromatic rings. The number of ether oxygens (including phenoxy) is 1. The van der Waals surface area contributed by atoms with E-state index in [-0.39, 0.29) is 5.84 Å². The number of rotatable bonds is 4. The largest absolute Gasteiger partial charge is 0.436 e. The van der Waals surface area contributed by atoms with Crippen molar-refractivity contribution in [2.75, 3.05) is 0 Å². The second-order valence-corrected chi connectivity index (χ2v) is 3.43. The van der Waals surface area contributed by atoms with Crippen LogP contribution in [-0.4, -0.2) is 20.6 Å². The first-order chi connectivity index (χ1) is 8.19. The van der Waals surface area contributed by atoms with Crippen molar-refractivity contribution in [2.45, 2.75) is 13.5 Å². The first kappa shape index (κ1) is 11.1. The van der Waals surface area contributed by atoms with Crippen LogP contribution in [0.5, 0.6) is 11.6 Å². The minimum absolute atomic E-state index is 0.0112. The Morgan fingerprint density at radius 1 is 1.47 bits per heavy atom. The third-order valence-corrected chi connectivity index (χ3v) is 2.20. The van der Waals surface area contributed by atoms with Crippen molar-refractivity contribution in [3.8, 4) is 11.6 Å². The summed E-state index contributed by atoms with van der Waals surface area (Å²) >= 11 is 0. The Morgan fingerprint density at radius 2 is 2.29 bits per heavy atom. The molecule has 17 heavy (non-hydrogen) atoms.